The summed E-state index contributed by atoms with van der Waals surface area (Å²) >= 11 is 0. The quantitative estimate of drug-likeness (QED) is 0.392. The number of benzene rings is 3. The zero-order valence-electron chi connectivity index (χ0n) is 18.7. The summed E-state index contributed by atoms with van der Waals surface area (Å²) in [6.07, 6.45) is 1.96. The highest BCUT2D eigenvalue weighted by molar-refractivity contribution is 5.95. The van der Waals surface area contributed by atoms with Gasteiger partial charge in [0, 0.05) is 33.8 Å². The van der Waals surface area contributed by atoms with Crippen LogP contribution in [0.15, 0.2) is 79.0 Å². The third kappa shape index (κ3) is 3.16. The first-order valence-electron chi connectivity index (χ1n) is 11.2. The maximum Gasteiger partial charge on any atom is 0.254 e. The highest BCUT2D eigenvalue weighted by Crippen LogP contribution is 2.37. The van der Waals surface area contributed by atoms with Gasteiger partial charge in [-0.1, -0.05) is 42.5 Å². The predicted molar refractivity (Wildman–Crippen MR) is 130 cm³/mol. The molecule has 3 heterocycles. The van der Waals surface area contributed by atoms with Crippen molar-refractivity contribution in [1.29, 1.82) is 0 Å². The Hall–Kier alpha value is -4.12. The number of nitrogens with one attached hydrogen (secondary N) is 1. The number of para-hydroxylation sites is 1. The topological polar surface area (TPSA) is 53.9 Å². The van der Waals surface area contributed by atoms with Crippen LogP contribution in [0.1, 0.15) is 32.7 Å². The van der Waals surface area contributed by atoms with Crippen molar-refractivity contribution in [3.8, 4) is 16.9 Å². The monoisotopic (exact) mass is 432 g/mol. The van der Waals surface area contributed by atoms with Gasteiger partial charge in [0.1, 0.15) is 0 Å². The molecule has 162 valence electrons. The van der Waals surface area contributed by atoms with E-state index in [4.69, 9.17) is 5.10 Å². The third-order valence-corrected chi connectivity index (χ3v) is 6.54. The molecule has 5 nitrogen and oxygen atoms in total. The second-order valence-corrected chi connectivity index (χ2v) is 8.73. The zero-order valence-corrected chi connectivity index (χ0v) is 18.7. The van der Waals surface area contributed by atoms with E-state index in [9.17, 15) is 4.79 Å². The van der Waals surface area contributed by atoms with E-state index in [1.807, 2.05) is 41.4 Å². The van der Waals surface area contributed by atoms with E-state index in [1.165, 1.54) is 11.1 Å². The first-order chi connectivity index (χ1) is 16.1. The Labute approximate surface area is 192 Å². The van der Waals surface area contributed by atoms with Crippen molar-refractivity contribution in [2.45, 2.75) is 26.9 Å². The number of rotatable bonds is 3. The Kier molecular flexibility index (Phi) is 4.44. The largest absolute Gasteiger partial charge is 0.361 e. The predicted octanol–water partition coefficient (Wildman–Crippen LogP) is 5.79. The van der Waals surface area contributed by atoms with Crippen molar-refractivity contribution >= 4 is 16.8 Å². The second kappa shape index (κ2) is 7.48. The lowest BCUT2D eigenvalue weighted by Crippen LogP contribution is -2.26. The van der Waals surface area contributed by atoms with Crippen LogP contribution in [0.3, 0.4) is 0 Å². The number of hydrogen-bond acceptors (Lipinski definition) is 2. The molecule has 0 saturated carbocycles. The lowest BCUT2D eigenvalue weighted by atomic mass is 10.0. The van der Waals surface area contributed by atoms with Gasteiger partial charge in [-0.15, -0.1) is 0 Å². The molecule has 2 aromatic heterocycles. The molecule has 1 aliphatic heterocycles. The van der Waals surface area contributed by atoms with Gasteiger partial charge < -0.3 is 9.88 Å². The molecule has 0 spiro atoms. The van der Waals surface area contributed by atoms with E-state index in [-0.39, 0.29) is 5.91 Å². The number of aromatic nitrogens is 3. The number of H-pyrrole nitrogens is 1. The SMILES string of the molecule is Cc1cccc(C)c1-n1nc2c(c1-c1ccc3[nH]ccc3c1)CN(C(=O)c1ccccc1)C2. The summed E-state index contributed by atoms with van der Waals surface area (Å²) in [5.41, 5.74) is 9.53. The smallest absolute Gasteiger partial charge is 0.254 e. The fourth-order valence-corrected chi connectivity index (χ4v) is 4.92. The molecule has 5 aromatic rings. The number of amides is 1. The Bertz CT molecular complexity index is 1490. The van der Waals surface area contributed by atoms with Gasteiger partial charge in [0.25, 0.3) is 5.91 Å². The maximum absolute atomic E-state index is 13.2. The van der Waals surface area contributed by atoms with Gasteiger partial charge in [-0.05, 0) is 55.3 Å². The van der Waals surface area contributed by atoms with Gasteiger partial charge in [-0.3, -0.25) is 4.79 Å². The normalized spacial score (nSPS) is 13.0. The third-order valence-electron chi connectivity index (χ3n) is 6.54. The number of aryl methyl sites for hydroxylation is 2. The standard InChI is InChI=1S/C28H24N4O/c1-18-7-6-8-19(2)26(18)32-27(22-11-12-24-21(15-22)13-14-29-24)23-16-31(17-25(23)30-32)28(33)20-9-4-3-5-10-20/h3-15,29H,16-17H2,1-2H3. The molecule has 5 heteroatoms. The summed E-state index contributed by atoms with van der Waals surface area (Å²) in [5.74, 6) is 0.0410. The van der Waals surface area contributed by atoms with Gasteiger partial charge in [0.2, 0.25) is 0 Å². The fraction of sp³-hybridized carbons (Fsp3) is 0.143. The minimum atomic E-state index is 0.0410. The van der Waals surface area contributed by atoms with Crippen LogP contribution in [0.25, 0.3) is 27.8 Å². The van der Waals surface area contributed by atoms with E-state index in [0.717, 1.165) is 39.1 Å². The van der Waals surface area contributed by atoms with Crippen LogP contribution in [-0.4, -0.2) is 25.6 Å². The molecule has 0 radical (unpaired) electrons. The summed E-state index contributed by atoms with van der Waals surface area (Å²) in [6.45, 7) is 5.31. The Morgan fingerprint density at radius 3 is 2.48 bits per heavy atom. The lowest BCUT2D eigenvalue weighted by Gasteiger charge is -2.19. The summed E-state index contributed by atoms with van der Waals surface area (Å²) in [6, 6.07) is 24.4. The Morgan fingerprint density at radius 1 is 0.909 bits per heavy atom. The summed E-state index contributed by atoms with van der Waals surface area (Å²) in [7, 11) is 0. The summed E-state index contributed by atoms with van der Waals surface area (Å²) < 4.78 is 2.09. The highest BCUT2D eigenvalue weighted by Gasteiger charge is 2.32. The molecule has 0 unspecified atom stereocenters. The minimum Gasteiger partial charge on any atom is -0.361 e. The van der Waals surface area contributed by atoms with Crippen molar-refractivity contribution in [3.63, 3.8) is 0 Å². The molecular weight excluding hydrogens is 408 g/mol. The lowest BCUT2D eigenvalue weighted by molar-refractivity contribution is 0.0749. The van der Waals surface area contributed by atoms with Crippen LogP contribution < -0.4 is 0 Å². The first kappa shape index (κ1) is 19.6. The second-order valence-electron chi connectivity index (χ2n) is 8.73. The van der Waals surface area contributed by atoms with Crippen LogP contribution in [0, 0.1) is 13.8 Å². The van der Waals surface area contributed by atoms with Crippen LogP contribution >= 0.6 is 0 Å². The van der Waals surface area contributed by atoms with Gasteiger partial charge >= 0.3 is 0 Å². The number of carbonyl (C=O) groups is 1. The number of aromatic amines is 1. The van der Waals surface area contributed by atoms with E-state index < -0.39 is 0 Å². The van der Waals surface area contributed by atoms with Gasteiger partial charge in [0.15, 0.2) is 0 Å². The summed E-state index contributed by atoms with van der Waals surface area (Å²) in [4.78, 5) is 18.3. The molecule has 1 N–H and O–H groups in total. The number of carbonyl (C=O) groups excluding carboxylic acids is 1. The molecule has 0 fully saturated rings. The zero-order chi connectivity index (χ0) is 22.5. The molecule has 6 rings (SSSR count). The number of hydrogen-bond donors (Lipinski definition) is 1. The molecule has 1 amide bonds. The van der Waals surface area contributed by atoms with Crippen LogP contribution in [0.5, 0.6) is 0 Å². The van der Waals surface area contributed by atoms with Crippen molar-refractivity contribution in [2.24, 2.45) is 0 Å². The van der Waals surface area contributed by atoms with Crippen LogP contribution in [-0.2, 0) is 13.1 Å². The van der Waals surface area contributed by atoms with Gasteiger partial charge in [-0.2, -0.15) is 5.10 Å². The van der Waals surface area contributed by atoms with E-state index in [0.29, 0.717) is 18.7 Å². The molecule has 3 aromatic carbocycles. The molecule has 0 atom stereocenters. The average Bonchev–Trinajstić information content (AvgIpc) is 3.53. The van der Waals surface area contributed by atoms with E-state index >= 15 is 0 Å². The molecule has 0 saturated heterocycles. The van der Waals surface area contributed by atoms with Crippen LogP contribution in [0.2, 0.25) is 0 Å². The van der Waals surface area contributed by atoms with Crippen LogP contribution in [0.4, 0.5) is 0 Å². The minimum absolute atomic E-state index is 0.0410. The van der Waals surface area contributed by atoms with Crippen molar-refractivity contribution in [3.05, 3.63) is 107 Å². The summed E-state index contributed by atoms with van der Waals surface area (Å²) in [5, 5.41) is 6.23. The first-order valence-corrected chi connectivity index (χ1v) is 11.2. The molecule has 0 bridgehead atoms. The van der Waals surface area contributed by atoms with E-state index in [2.05, 4.69) is 66.0 Å². The number of nitrogens with zero attached hydrogens (tertiary/aromatic N) is 3. The average molecular weight is 433 g/mol. The molecule has 33 heavy (non-hydrogen) atoms. The fourth-order valence-electron chi connectivity index (χ4n) is 4.92. The molecular formula is C28H24N4O. The molecule has 0 aliphatic carbocycles. The van der Waals surface area contributed by atoms with Crippen molar-refractivity contribution in [1.82, 2.24) is 19.7 Å². The Balaban J connectivity index is 1.50. The van der Waals surface area contributed by atoms with Gasteiger partial charge in [-0.25, -0.2) is 4.68 Å². The van der Waals surface area contributed by atoms with Gasteiger partial charge in [0.05, 0.1) is 30.2 Å². The Morgan fingerprint density at radius 2 is 1.70 bits per heavy atom. The van der Waals surface area contributed by atoms with Crippen molar-refractivity contribution < 1.29 is 4.79 Å². The maximum atomic E-state index is 13.2. The highest BCUT2D eigenvalue weighted by atomic mass is 16.2. The molecule has 1 aliphatic rings. The number of fused-ring (bicyclic) bond motifs is 2. The van der Waals surface area contributed by atoms with Crippen molar-refractivity contribution in [2.75, 3.05) is 0 Å². The van der Waals surface area contributed by atoms with E-state index in [1.54, 1.807) is 0 Å².